The summed E-state index contributed by atoms with van der Waals surface area (Å²) >= 11 is 5.97. The molecule has 1 aromatic heterocycles. The minimum atomic E-state index is 0.118. The maximum atomic E-state index is 12.5. The predicted octanol–water partition coefficient (Wildman–Crippen LogP) is 4.75. The highest BCUT2D eigenvalue weighted by molar-refractivity contribution is 6.30. The highest BCUT2D eigenvalue weighted by Crippen LogP contribution is 2.25. The van der Waals surface area contributed by atoms with Crippen LogP contribution in [0.1, 0.15) is 50.5 Å². The lowest BCUT2D eigenvalue weighted by Crippen LogP contribution is -2.40. The fourth-order valence-corrected chi connectivity index (χ4v) is 4.23. The summed E-state index contributed by atoms with van der Waals surface area (Å²) in [5.74, 6) is 1.80. The van der Waals surface area contributed by atoms with E-state index in [1.54, 1.807) is 0 Å². The SMILES string of the molecule is CCCCN(C)CCCNC(=O)C1CCN(Cc2nc(-c3ccc(Cl)cc3)oc2C)CC1. The van der Waals surface area contributed by atoms with Gasteiger partial charge in [0.1, 0.15) is 5.76 Å². The monoisotopic (exact) mass is 460 g/mol. The van der Waals surface area contributed by atoms with Crippen molar-refractivity contribution in [3.8, 4) is 11.5 Å². The Morgan fingerprint density at radius 1 is 1.22 bits per heavy atom. The van der Waals surface area contributed by atoms with E-state index in [1.807, 2.05) is 31.2 Å². The number of oxazole rings is 1. The average molecular weight is 461 g/mol. The molecule has 0 atom stereocenters. The zero-order valence-corrected chi connectivity index (χ0v) is 20.5. The van der Waals surface area contributed by atoms with Crippen LogP contribution in [0.2, 0.25) is 5.02 Å². The topological polar surface area (TPSA) is 61.6 Å². The Morgan fingerprint density at radius 3 is 2.59 bits per heavy atom. The Kier molecular flexibility index (Phi) is 9.57. The number of likely N-dealkylation sites (tertiary alicyclic amines) is 1. The Balaban J connectivity index is 1.39. The van der Waals surface area contributed by atoms with Crippen molar-refractivity contribution < 1.29 is 9.21 Å². The van der Waals surface area contributed by atoms with Gasteiger partial charge in [-0.1, -0.05) is 24.9 Å². The van der Waals surface area contributed by atoms with Gasteiger partial charge >= 0.3 is 0 Å². The number of benzene rings is 1. The van der Waals surface area contributed by atoms with Gasteiger partial charge in [-0.15, -0.1) is 0 Å². The molecule has 0 saturated carbocycles. The van der Waals surface area contributed by atoms with Crippen molar-refractivity contribution in [3.05, 3.63) is 40.7 Å². The third kappa shape index (κ3) is 7.32. The normalized spacial score (nSPS) is 15.4. The Morgan fingerprint density at radius 2 is 1.91 bits per heavy atom. The second-order valence-electron chi connectivity index (χ2n) is 8.88. The Bertz CT molecular complexity index is 844. The van der Waals surface area contributed by atoms with Gasteiger partial charge in [0.2, 0.25) is 11.8 Å². The molecule has 2 heterocycles. The van der Waals surface area contributed by atoms with Crippen molar-refractivity contribution in [2.45, 2.75) is 52.5 Å². The molecule has 2 aromatic rings. The summed E-state index contributed by atoms with van der Waals surface area (Å²) in [4.78, 5) is 22.0. The third-order valence-electron chi connectivity index (χ3n) is 6.22. The molecule has 1 aliphatic heterocycles. The molecule has 1 aromatic carbocycles. The quantitative estimate of drug-likeness (QED) is 0.490. The fourth-order valence-electron chi connectivity index (χ4n) is 4.10. The number of piperidine rings is 1. The van der Waals surface area contributed by atoms with Crippen molar-refractivity contribution in [3.63, 3.8) is 0 Å². The van der Waals surface area contributed by atoms with Crippen LogP contribution in [-0.2, 0) is 11.3 Å². The highest BCUT2D eigenvalue weighted by Gasteiger charge is 2.26. The number of amides is 1. The first-order valence-electron chi connectivity index (χ1n) is 11.9. The molecular formula is C25H37ClN4O2. The third-order valence-corrected chi connectivity index (χ3v) is 6.48. The highest BCUT2D eigenvalue weighted by atomic mass is 35.5. The molecular weight excluding hydrogens is 424 g/mol. The second-order valence-corrected chi connectivity index (χ2v) is 9.32. The predicted molar refractivity (Wildman–Crippen MR) is 130 cm³/mol. The van der Waals surface area contributed by atoms with Crippen LogP contribution in [0.25, 0.3) is 11.5 Å². The molecule has 1 fully saturated rings. The second kappa shape index (κ2) is 12.4. The van der Waals surface area contributed by atoms with Gasteiger partial charge < -0.3 is 14.6 Å². The van der Waals surface area contributed by atoms with E-state index in [-0.39, 0.29) is 11.8 Å². The first kappa shape index (κ1) is 24.7. The first-order chi connectivity index (χ1) is 15.5. The van der Waals surface area contributed by atoms with Crippen LogP contribution < -0.4 is 5.32 Å². The summed E-state index contributed by atoms with van der Waals surface area (Å²) in [6, 6.07) is 7.53. The average Bonchev–Trinajstić information content (AvgIpc) is 3.16. The van der Waals surface area contributed by atoms with Gasteiger partial charge in [-0.3, -0.25) is 9.69 Å². The van der Waals surface area contributed by atoms with Gasteiger partial charge in [0.15, 0.2) is 0 Å². The number of hydrogen-bond acceptors (Lipinski definition) is 5. The molecule has 1 aliphatic rings. The first-order valence-corrected chi connectivity index (χ1v) is 12.2. The standard InChI is InChI=1S/C25H37ClN4O2/c1-4-5-14-29(3)15-6-13-27-24(31)20-11-16-30(17-12-20)18-23-19(2)32-25(28-23)21-7-9-22(26)10-8-21/h7-10,20H,4-6,11-18H2,1-3H3,(H,27,31). The number of unbranched alkanes of at least 4 members (excludes halogenated alkanes) is 1. The number of aryl methyl sites for hydroxylation is 1. The van der Waals surface area contributed by atoms with Gasteiger partial charge in [-0.2, -0.15) is 0 Å². The number of hydrogen-bond donors (Lipinski definition) is 1. The molecule has 3 rings (SSSR count). The van der Waals surface area contributed by atoms with Crippen LogP contribution >= 0.6 is 11.6 Å². The van der Waals surface area contributed by atoms with Gasteiger partial charge in [0.25, 0.3) is 0 Å². The number of carbonyl (C=O) groups excluding carboxylic acids is 1. The molecule has 1 saturated heterocycles. The molecule has 7 heteroatoms. The van der Waals surface area contributed by atoms with Crippen LogP contribution in [-0.4, -0.2) is 60.5 Å². The van der Waals surface area contributed by atoms with E-state index in [0.29, 0.717) is 10.9 Å². The van der Waals surface area contributed by atoms with E-state index >= 15 is 0 Å². The largest absolute Gasteiger partial charge is 0.441 e. The fraction of sp³-hybridized carbons (Fsp3) is 0.600. The molecule has 1 N–H and O–H groups in total. The van der Waals surface area contributed by atoms with Gasteiger partial charge in [-0.05, 0) is 90.1 Å². The van der Waals surface area contributed by atoms with E-state index in [9.17, 15) is 4.79 Å². The minimum Gasteiger partial charge on any atom is -0.441 e. The van der Waals surface area contributed by atoms with Crippen LogP contribution in [0, 0.1) is 12.8 Å². The Labute approximate surface area is 197 Å². The van der Waals surface area contributed by atoms with E-state index in [2.05, 4.69) is 29.1 Å². The van der Waals surface area contributed by atoms with Gasteiger partial charge in [0.05, 0.1) is 5.69 Å². The van der Waals surface area contributed by atoms with Crippen LogP contribution in [0.15, 0.2) is 28.7 Å². The van der Waals surface area contributed by atoms with Crippen molar-refractivity contribution in [2.75, 3.05) is 39.8 Å². The minimum absolute atomic E-state index is 0.118. The number of halogens is 1. The summed E-state index contributed by atoms with van der Waals surface area (Å²) in [6.45, 7) is 9.67. The molecule has 32 heavy (non-hydrogen) atoms. The number of carbonyl (C=O) groups is 1. The van der Waals surface area contributed by atoms with Crippen molar-refractivity contribution in [1.82, 2.24) is 20.1 Å². The zero-order valence-electron chi connectivity index (χ0n) is 19.7. The zero-order chi connectivity index (χ0) is 22.9. The molecule has 0 unspecified atom stereocenters. The summed E-state index contributed by atoms with van der Waals surface area (Å²) in [7, 11) is 2.15. The summed E-state index contributed by atoms with van der Waals surface area (Å²) in [6.07, 6.45) is 5.25. The molecule has 176 valence electrons. The maximum Gasteiger partial charge on any atom is 0.226 e. The molecule has 0 radical (unpaired) electrons. The molecule has 1 amide bonds. The van der Waals surface area contributed by atoms with Crippen LogP contribution in [0.5, 0.6) is 0 Å². The van der Waals surface area contributed by atoms with Crippen molar-refractivity contribution in [1.29, 1.82) is 0 Å². The van der Waals surface area contributed by atoms with E-state index in [1.165, 1.54) is 12.8 Å². The van der Waals surface area contributed by atoms with E-state index in [4.69, 9.17) is 21.0 Å². The summed E-state index contributed by atoms with van der Waals surface area (Å²) < 4.78 is 5.89. The number of nitrogens with one attached hydrogen (secondary N) is 1. The van der Waals surface area contributed by atoms with E-state index in [0.717, 1.165) is 75.5 Å². The molecule has 0 bridgehead atoms. The van der Waals surface area contributed by atoms with E-state index < -0.39 is 0 Å². The molecule has 0 aliphatic carbocycles. The molecule has 0 spiro atoms. The van der Waals surface area contributed by atoms with Gasteiger partial charge in [0, 0.05) is 29.6 Å². The van der Waals surface area contributed by atoms with Crippen LogP contribution in [0.3, 0.4) is 0 Å². The number of rotatable bonds is 11. The van der Waals surface area contributed by atoms with Crippen molar-refractivity contribution in [2.24, 2.45) is 5.92 Å². The van der Waals surface area contributed by atoms with Crippen LogP contribution in [0.4, 0.5) is 0 Å². The Hall–Kier alpha value is -1.89. The summed E-state index contributed by atoms with van der Waals surface area (Å²) in [5, 5.41) is 3.84. The number of nitrogens with zero attached hydrogens (tertiary/aromatic N) is 3. The lowest BCUT2D eigenvalue weighted by molar-refractivity contribution is -0.126. The number of aromatic nitrogens is 1. The lowest BCUT2D eigenvalue weighted by Gasteiger charge is -2.30. The smallest absolute Gasteiger partial charge is 0.226 e. The molecule has 6 nitrogen and oxygen atoms in total. The van der Waals surface area contributed by atoms with Gasteiger partial charge in [-0.25, -0.2) is 4.98 Å². The maximum absolute atomic E-state index is 12.5. The van der Waals surface area contributed by atoms with Crippen molar-refractivity contribution >= 4 is 17.5 Å². The summed E-state index contributed by atoms with van der Waals surface area (Å²) in [5.41, 5.74) is 1.89. The lowest BCUT2D eigenvalue weighted by atomic mass is 9.95.